The summed E-state index contributed by atoms with van der Waals surface area (Å²) >= 11 is 0. The third-order valence-electron chi connectivity index (χ3n) is 3.77. The predicted molar refractivity (Wildman–Crippen MR) is 79.2 cm³/mol. The van der Waals surface area contributed by atoms with Gasteiger partial charge < -0.3 is 0 Å². The van der Waals surface area contributed by atoms with E-state index >= 15 is 0 Å². The first-order valence-corrected chi connectivity index (χ1v) is 8.57. The van der Waals surface area contributed by atoms with E-state index in [4.69, 9.17) is 0 Å². The third kappa shape index (κ3) is 3.34. The molecule has 1 heterocycles. The molecule has 0 aliphatic heterocycles. The van der Waals surface area contributed by atoms with E-state index in [1.54, 1.807) is 20.9 Å². The Bertz CT molecular complexity index is 687. The maximum absolute atomic E-state index is 12.4. The molecule has 6 nitrogen and oxygen atoms in total. The number of nitrogens with one attached hydrogen (secondary N) is 1. The standard InChI is InChI=1S/C14H21N3O3S/c1-10-13(11(2)17(3)15-10)21(19,20)16-14(18)12-8-6-4-5-7-9-12/h8H,4-7,9H2,1-3H3,(H,16,18). The maximum Gasteiger partial charge on any atom is 0.267 e. The highest BCUT2D eigenvalue weighted by Gasteiger charge is 2.26. The Hall–Kier alpha value is -1.63. The van der Waals surface area contributed by atoms with Crippen LogP contribution in [0.25, 0.3) is 0 Å². The van der Waals surface area contributed by atoms with Crippen LogP contribution in [0.15, 0.2) is 16.5 Å². The van der Waals surface area contributed by atoms with Crippen molar-refractivity contribution in [2.75, 3.05) is 0 Å². The summed E-state index contributed by atoms with van der Waals surface area (Å²) in [6.07, 6.45) is 6.34. The number of rotatable bonds is 3. The molecule has 1 aromatic rings. The summed E-state index contributed by atoms with van der Waals surface area (Å²) in [7, 11) is -2.21. The molecule has 0 fully saturated rings. The molecule has 1 aliphatic rings. The summed E-state index contributed by atoms with van der Waals surface area (Å²) in [6.45, 7) is 3.29. The number of carbonyl (C=O) groups is 1. The van der Waals surface area contributed by atoms with Gasteiger partial charge in [0.2, 0.25) is 0 Å². The molecule has 0 aromatic carbocycles. The van der Waals surface area contributed by atoms with Crippen molar-refractivity contribution in [3.05, 3.63) is 23.0 Å². The van der Waals surface area contributed by atoms with Crippen molar-refractivity contribution in [2.45, 2.75) is 50.8 Å². The fraction of sp³-hybridized carbons (Fsp3) is 0.571. The Morgan fingerprint density at radius 1 is 1.29 bits per heavy atom. The first-order valence-electron chi connectivity index (χ1n) is 7.09. The zero-order chi connectivity index (χ0) is 15.6. The molecule has 0 radical (unpaired) electrons. The largest absolute Gasteiger partial charge is 0.271 e. The van der Waals surface area contributed by atoms with Crippen LogP contribution in [0, 0.1) is 13.8 Å². The number of sulfonamides is 1. The van der Waals surface area contributed by atoms with E-state index in [1.807, 2.05) is 6.08 Å². The second-order valence-electron chi connectivity index (χ2n) is 5.39. The van der Waals surface area contributed by atoms with Crippen LogP contribution in [0.1, 0.15) is 43.5 Å². The second kappa shape index (κ2) is 6.01. The Labute approximate surface area is 125 Å². The molecular weight excluding hydrogens is 290 g/mol. The van der Waals surface area contributed by atoms with Gasteiger partial charge in [0, 0.05) is 12.6 Å². The number of hydrogen-bond acceptors (Lipinski definition) is 4. The highest BCUT2D eigenvalue weighted by Crippen LogP contribution is 2.21. The summed E-state index contributed by atoms with van der Waals surface area (Å²) in [6, 6.07) is 0. The fourth-order valence-electron chi connectivity index (χ4n) is 2.60. The summed E-state index contributed by atoms with van der Waals surface area (Å²) in [5, 5.41) is 4.08. The van der Waals surface area contributed by atoms with E-state index < -0.39 is 15.9 Å². The van der Waals surface area contributed by atoms with Crippen LogP contribution in [0.5, 0.6) is 0 Å². The van der Waals surface area contributed by atoms with Crippen LogP contribution in [0.3, 0.4) is 0 Å². The number of nitrogens with zero attached hydrogens (tertiary/aromatic N) is 2. The van der Waals surface area contributed by atoms with E-state index in [-0.39, 0.29) is 4.90 Å². The smallest absolute Gasteiger partial charge is 0.267 e. The van der Waals surface area contributed by atoms with Crippen molar-refractivity contribution in [3.63, 3.8) is 0 Å². The predicted octanol–water partition coefficient (Wildman–Crippen LogP) is 1.73. The van der Waals surface area contributed by atoms with Crippen LogP contribution >= 0.6 is 0 Å². The van der Waals surface area contributed by atoms with E-state index in [9.17, 15) is 13.2 Å². The fourth-order valence-corrected chi connectivity index (χ4v) is 4.03. The van der Waals surface area contributed by atoms with Crippen molar-refractivity contribution < 1.29 is 13.2 Å². The molecule has 116 valence electrons. The Kier molecular flexibility index (Phi) is 4.51. The molecule has 2 rings (SSSR count). The number of hydrogen-bond donors (Lipinski definition) is 1. The van der Waals surface area contributed by atoms with Crippen molar-refractivity contribution in [2.24, 2.45) is 7.05 Å². The molecule has 1 aromatic heterocycles. The van der Waals surface area contributed by atoms with Gasteiger partial charge >= 0.3 is 0 Å². The number of carbonyl (C=O) groups excluding carboxylic acids is 1. The van der Waals surface area contributed by atoms with Crippen molar-refractivity contribution in [1.82, 2.24) is 14.5 Å². The Morgan fingerprint density at radius 2 is 2.00 bits per heavy atom. The van der Waals surface area contributed by atoms with Crippen LogP contribution < -0.4 is 4.72 Å². The van der Waals surface area contributed by atoms with Gasteiger partial charge in [0.15, 0.2) is 0 Å². The normalized spacial score (nSPS) is 16.2. The quantitative estimate of drug-likeness (QED) is 0.922. The zero-order valence-electron chi connectivity index (χ0n) is 12.6. The van der Waals surface area contributed by atoms with Crippen LogP contribution in [-0.2, 0) is 21.9 Å². The second-order valence-corrected chi connectivity index (χ2v) is 7.01. The minimum Gasteiger partial charge on any atom is -0.271 e. The SMILES string of the molecule is Cc1nn(C)c(C)c1S(=O)(=O)NC(=O)C1=CCCCCC1. The van der Waals surface area contributed by atoms with Crippen LogP contribution in [0.4, 0.5) is 0 Å². The van der Waals surface area contributed by atoms with Gasteiger partial charge in [-0.3, -0.25) is 9.48 Å². The van der Waals surface area contributed by atoms with Gasteiger partial charge in [-0.2, -0.15) is 5.10 Å². The number of allylic oxidation sites excluding steroid dienone is 1. The highest BCUT2D eigenvalue weighted by molar-refractivity contribution is 7.90. The molecule has 7 heteroatoms. The van der Waals surface area contributed by atoms with Gasteiger partial charge in [-0.1, -0.05) is 12.5 Å². The first kappa shape index (κ1) is 15.8. The van der Waals surface area contributed by atoms with Gasteiger partial charge in [0.05, 0.1) is 11.4 Å². The molecule has 0 saturated heterocycles. The molecule has 0 atom stereocenters. The van der Waals surface area contributed by atoms with Gasteiger partial charge in [-0.05, 0) is 39.5 Å². The first-order chi connectivity index (χ1) is 9.83. The molecule has 1 N–H and O–H groups in total. The summed E-state index contributed by atoms with van der Waals surface area (Å²) in [5.74, 6) is -0.514. The lowest BCUT2D eigenvalue weighted by molar-refractivity contribution is -0.116. The topological polar surface area (TPSA) is 81.1 Å². The maximum atomic E-state index is 12.4. The number of amides is 1. The van der Waals surface area contributed by atoms with Crippen LogP contribution in [0.2, 0.25) is 0 Å². The minimum atomic E-state index is -3.88. The Morgan fingerprint density at radius 3 is 2.62 bits per heavy atom. The molecule has 1 amide bonds. The lowest BCUT2D eigenvalue weighted by Gasteiger charge is -2.09. The number of aromatic nitrogens is 2. The van der Waals surface area contributed by atoms with Gasteiger partial charge in [-0.15, -0.1) is 0 Å². The van der Waals surface area contributed by atoms with Crippen molar-refractivity contribution in [1.29, 1.82) is 0 Å². The summed E-state index contributed by atoms with van der Waals surface area (Å²) in [5.41, 5.74) is 1.48. The molecule has 0 spiro atoms. The third-order valence-corrected chi connectivity index (χ3v) is 5.35. The summed E-state index contributed by atoms with van der Waals surface area (Å²) < 4.78 is 28.5. The highest BCUT2D eigenvalue weighted by atomic mass is 32.2. The molecular formula is C14H21N3O3S. The zero-order valence-corrected chi connectivity index (χ0v) is 13.5. The van der Waals surface area contributed by atoms with Crippen LogP contribution in [-0.4, -0.2) is 24.1 Å². The lowest BCUT2D eigenvalue weighted by atomic mass is 10.1. The van der Waals surface area contributed by atoms with E-state index in [2.05, 4.69) is 9.82 Å². The minimum absolute atomic E-state index is 0.0903. The molecule has 1 aliphatic carbocycles. The molecule has 21 heavy (non-hydrogen) atoms. The van der Waals surface area contributed by atoms with E-state index in [0.717, 1.165) is 25.7 Å². The number of aryl methyl sites for hydroxylation is 2. The van der Waals surface area contributed by atoms with Crippen molar-refractivity contribution >= 4 is 15.9 Å². The average Bonchev–Trinajstić information content (AvgIpc) is 2.61. The van der Waals surface area contributed by atoms with Crippen molar-refractivity contribution in [3.8, 4) is 0 Å². The van der Waals surface area contributed by atoms with Gasteiger partial charge in [-0.25, -0.2) is 13.1 Å². The van der Waals surface area contributed by atoms with E-state index in [1.165, 1.54) is 4.68 Å². The average molecular weight is 311 g/mol. The van der Waals surface area contributed by atoms with Gasteiger partial charge in [0.1, 0.15) is 4.90 Å². The monoisotopic (exact) mass is 311 g/mol. The molecule has 0 saturated carbocycles. The molecule has 0 unspecified atom stereocenters. The summed E-state index contributed by atoms with van der Waals surface area (Å²) in [4.78, 5) is 12.3. The lowest BCUT2D eigenvalue weighted by Crippen LogP contribution is -2.32. The van der Waals surface area contributed by atoms with Gasteiger partial charge in [0.25, 0.3) is 15.9 Å². The molecule has 0 bridgehead atoms. The van der Waals surface area contributed by atoms with E-state index in [0.29, 0.717) is 23.4 Å². The Balaban J connectivity index is 2.25.